The van der Waals surface area contributed by atoms with Crippen LogP contribution in [0.15, 0.2) is 35.8 Å². The minimum Gasteiger partial charge on any atom is -0.354 e. The van der Waals surface area contributed by atoms with Gasteiger partial charge in [0.1, 0.15) is 18.5 Å². The van der Waals surface area contributed by atoms with Crippen molar-refractivity contribution in [3.05, 3.63) is 47.3 Å². The molecule has 0 saturated carbocycles. The van der Waals surface area contributed by atoms with Crippen molar-refractivity contribution in [1.82, 2.24) is 25.0 Å². The van der Waals surface area contributed by atoms with Crippen LogP contribution in [0.25, 0.3) is 0 Å². The zero-order valence-corrected chi connectivity index (χ0v) is 13.3. The number of aromatic nitrogens is 3. The lowest BCUT2D eigenvalue weighted by Crippen LogP contribution is -2.40. The van der Waals surface area contributed by atoms with E-state index in [2.05, 4.69) is 20.4 Å². The minimum absolute atomic E-state index is 0.322. The first kappa shape index (κ1) is 16.2. The first-order valence-electron chi connectivity index (χ1n) is 6.79. The molecule has 0 saturated heterocycles. The normalized spacial score (nSPS) is 11.5. The van der Waals surface area contributed by atoms with Crippen LogP contribution >= 0.6 is 11.6 Å². The lowest BCUT2D eigenvalue weighted by Gasteiger charge is -2.22. The SMILES string of the molecule is CN=C(NCCn1cncn1)N(C)Cc1c(F)cccc1Cl. The highest BCUT2D eigenvalue weighted by atomic mass is 35.5. The molecule has 0 amide bonds. The molecule has 1 aromatic heterocycles. The maximum atomic E-state index is 13.8. The molecular weight excluding hydrogens is 307 g/mol. The van der Waals surface area contributed by atoms with E-state index < -0.39 is 0 Å². The summed E-state index contributed by atoms with van der Waals surface area (Å²) in [6, 6.07) is 4.66. The van der Waals surface area contributed by atoms with Gasteiger partial charge in [0.2, 0.25) is 0 Å². The molecule has 0 atom stereocenters. The van der Waals surface area contributed by atoms with Crippen molar-refractivity contribution >= 4 is 17.6 Å². The third-order valence-electron chi connectivity index (χ3n) is 3.12. The van der Waals surface area contributed by atoms with Crippen molar-refractivity contribution in [2.24, 2.45) is 4.99 Å². The minimum atomic E-state index is -0.322. The molecule has 8 heteroatoms. The van der Waals surface area contributed by atoms with E-state index in [1.165, 1.54) is 12.4 Å². The van der Waals surface area contributed by atoms with E-state index in [1.54, 1.807) is 30.2 Å². The van der Waals surface area contributed by atoms with Crippen LogP contribution in [-0.2, 0) is 13.1 Å². The van der Waals surface area contributed by atoms with Gasteiger partial charge in [0, 0.05) is 37.8 Å². The number of benzene rings is 1. The molecule has 0 aliphatic carbocycles. The van der Waals surface area contributed by atoms with Gasteiger partial charge in [-0.25, -0.2) is 9.37 Å². The Hall–Kier alpha value is -2.15. The van der Waals surface area contributed by atoms with Gasteiger partial charge in [-0.3, -0.25) is 9.67 Å². The van der Waals surface area contributed by atoms with Crippen molar-refractivity contribution in [1.29, 1.82) is 0 Å². The largest absolute Gasteiger partial charge is 0.354 e. The van der Waals surface area contributed by atoms with Crippen LogP contribution in [0.3, 0.4) is 0 Å². The van der Waals surface area contributed by atoms with E-state index in [-0.39, 0.29) is 5.82 Å². The molecule has 1 heterocycles. The van der Waals surface area contributed by atoms with Crippen LogP contribution in [-0.4, -0.2) is 46.3 Å². The predicted octanol–water partition coefficient (Wildman–Crippen LogP) is 1.78. The summed E-state index contributed by atoms with van der Waals surface area (Å²) in [5, 5.41) is 7.62. The third kappa shape index (κ3) is 4.17. The molecule has 2 rings (SSSR count). The second kappa shape index (κ2) is 7.74. The van der Waals surface area contributed by atoms with Gasteiger partial charge in [-0.15, -0.1) is 0 Å². The lowest BCUT2D eigenvalue weighted by molar-refractivity contribution is 0.456. The molecule has 0 aliphatic heterocycles. The van der Waals surface area contributed by atoms with Crippen LogP contribution < -0.4 is 5.32 Å². The third-order valence-corrected chi connectivity index (χ3v) is 3.48. The summed E-state index contributed by atoms with van der Waals surface area (Å²) < 4.78 is 15.5. The standard InChI is InChI=1S/C14H18ClFN6/c1-17-14(19-6-7-22-10-18-9-20-22)21(2)8-11-12(15)4-3-5-13(11)16/h3-5,9-10H,6-8H2,1-2H3,(H,17,19). The summed E-state index contributed by atoms with van der Waals surface area (Å²) in [7, 11) is 3.50. The Balaban J connectivity index is 1.93. The number of guanidine groups is 1. The maximum absolute atomic E-state index is 13.8. The highest BCUT2D eigenvalue weighted by molar-refractivity contribution is 6.31. The fourth-order valence-corrected chi connectivity index (χ4v) is 2.23. The van der Waals surface area contributed by atoms with Crippen LogP contribution in [0, 0.1) is 5.82 Å². The summed E-state index contributed by atoms with van der Waals surface area (Å²) >= 11 is 6.05. The second-order valence-corrected chi connectivity index (χ2v) is 5.10. The van der Waals surface area contributed by atoms with E-state index >= 15 is 0 Å². The first-order chi connectivity index (χ1) is 10.6. The Morgan fingerprint density at radius 2 is 2.32 bits per heavy atom. The molecule has 2 aromatic rings. The molecule has 0 fully saturated rings. The molecule has 1 N–H and O–H groups in total. The molecule has 22 heavy (non-hydrogen) atoms. The highest BCUT2D eigenvalue weighted by Gasteiger charge is 2.12. The van der Waals surface area contributed by atoms with Crippen molar-refractivity contribution in [3.63, 3.8) is 0 Å². The number of nitrogens with zero attached hydrogens (tertiary/aromatic N) is 5. The van der Waals surface area contributed by atoms with Crippen molar-refractivity contribution in [2.75, 3.05) is 20.6 Å². The Kier molecular flexibility index (Phi) is 5.71. The zero-order chi connectivity index (χ0) is 15.9. The van der Waals surface area contributed by atoms with Gasteiger partial charge in [0.25, 0.3) is 0 Å². The first-order valence-corrected chi connectivity index (χ1v) is 7.16. The molecule has 0 bridgehead atoms. The summed E-state index contributed by atoms with van der Waals surface area (Å²) in [5.41, 5.74) is 0.450. The smallest absolute Gasteiger partial charge is 0.193 e. The molecule has 0 aliphatic rings. The quantitative estimate of drug-likeness (QED) is 0.673. The molecule has 0 radical (unpaired) electrons. The Morgan fingerprint density at radius 3 is 2.95 bits per heavy atom. The lowest BCUT2D eigenvalue weighted by atomic mass is 10.2. The van der Waals surface area contributed by atoms with Crippen LogP contribution in [0.1, 0.15) is 5.56 Å². The summed E-state index contributed by atoms with van der Waals surface area (Å²) in [4.78, 5) is 9.87. The van der Waals surface area contributed by atoms with Gasteiger partial charge in [0.05, 0.1) is 6.54 Å². The summed E-state index contributed by atoms with van der Waals surface area (Å²) in [5.74, 6) is 0.330. The Morgan fingerprint density at radius 1 is 1.50 bits per heavy atom. The van der Waals surface area contributed by atoms with Crippen molar-refractivity contribution in [2.45, 2.75) is 13.1 Å². The van der Waals surface area contributed by atoms with Gasteiger partial charge in [-0.05, 0) is 12.1 Å². The summed E-state index contributed by atoms with van der Waals surface area (Å²) in [6.45, 7) is 1.62. The maximum Gasteiger partial charge on any atom is 0.193 e. The number of rotatable bonds is 5. The molecule has 0 unspecified atom stereocenters. The van der Waals surface area contributed by atoms with E-state index in [0.717, 1.165) is 0 Å². The monoisotopic (exact) mass is 324 g/mol. The number of hydrogen-bond donors (Lipinski definition) is 1. The number of aliphatic imine (C=N–C) groups is 1. The van der Waals surface area contributed by atoms with E-state index in [0.29, 0.717) is 36.2 Å². The highest BCUT2D eigenvalue weighted by Crippen LogP contribution is 2.20. The fourth-order valence-electron chi connectivity index (χ4n) is 2.01. The van der Waals surface area contributed by atoms with Crippen LogP contribution in [0.5, 0.6) is 0 Å². The Labute approximate surface area is 133 Å². The molecule has 6 nitrogen and oxygen atoms in total. The van der Waals surface area contributed by atoms with Gasteiger partial charge in [0.15, 0.2) is 5.96 Å². The molecule has 1 aromatic carbocycles. The van der Waals surface area contributed by atoms with Gasteiger partial charge in [-0.1, -0.05) is 17.7 Å². The van der Waals surface area contributed by atoms with Crippen LogP contribution in [0.4, 0.5) is 4.39 Å². The summed E-state index contributed by atoms with van der Waals surface area (Å²) in [6.07, 6.45) is 3.13. The van der Waals surface area contributed by atoms with E-state index in [9.17, 15) is 4.39 Å². The van der Waals surface area contributed by atoms with Gasteiger partial charge in [-0.2, -0.15) is 5.10 Å². The van der Waals surface area contributed by atoms with Crippen molar-refractivity contribution in [3.8, 4) is 0 Å². The Bertz CT molecular complexity index is 608. The van der Waals surface area contributed by atoms with Crippen molar-refractivity contribution < 1.29 is 4.39 Å². The number of hydrogen-bond acceptors (Lipinski definition) is 3. The fraction of sp³-hybridized carbons (Fsp3) is 0.357. The number of halogens is 2. The van der Waals surface area contributed by atoms with Gasteiger partial charge >= 0.3 is 0 Å². The van der Waals surface area contributed by atoms with Crippen LogP contribution in [0.2, 0.25) is 5.02 Å². The molecule has 118 valence electrons. The average Bonchev–Trinajstić information content (AvgIpc) is 3.00. The zero-order valence-electron chi connectivity index (χ0n) is 12.5. The van der Waals surface area contributed by atoms with E-state index in [4.69, 9.17) is 11.6 Å². The molecule has 0 spiro atoms. The predicted molar refractivity (Wildman–Crippen MR) is 84.3 cm³/mol. The second-order valence-electron chi connectivity index (χ2n) is 4.69. The van der Waals surface area contributed by atoms with E-state index in [1.807, 2.05) is 11.9 Å². The number of nitrogens with one attached hydrogen (secondary N) is 1. The topological polar surface area (TPSA) is 58.3 Å². The molecular formula is C14H18ClFN6. The van der Waals surface area contributed by atoms with Gasteiger partial charge < -0.3 is 10.2 Å². The average molecular weight is 325 g/mol.